The molecule has 17 nitrogen and oxygen atoms in total. The van der Waals surface area contributed by atoms with Crippen molar-refractivity contribution < 1.29 is 66.2 Å². The lowest BCUT2D eigenvalue weighted by Crippen LogP contribution is -2.68. The van der Waals surface area contributed by atoms with Gasteiger partial charge < -0.3 is 47.1 Å². The second-order valence-corrected chi connectivity index (χ2v) is 19.1. The molecule has 18 heteroatoms. The number of carbonyl (C=O) groups excluding carboxylic acids is 4. The van der Waals surface area contributed by atoms with Gasteiger partial charge in [-0.05, 0) is 29.6 Å². The molecule has 1 aromatic carbocycles. The molecular weight excluding hydrogens is 714 g/mol. The highest BCUT2D eigenvalue weighted by Crippen LogP contribution is 2.47. The molecule has 1 unspecified atom stereocenters. The molecule has 11 atom stereocenters. The summed E-state index contributed by atoms with van der Waals surface area (Å²) in [5.74, 6) is -2.85. The molecule has 0 N–H and O–H groups in total. The minimum Gasteiger partial charge on any atom is -0.463 e. The fourth-order valence-corrected chi connectivity index (χ4v) is 8.84. The van der Waals surface area contributed by atoms with E-state index in [1.54, 1.807) is 0 Å². The number of nitrogens with zero attached hydrogens (tertiary/aromatic N) is 3. The molecule has 294 valence electrons. The SMILES string of the molecule is CC(=O)OC[C@H]1O[C@@H](O[C@@H]2[C@@H](N=[N+]=[N-])[C@H](O[Si](C)(C)C(C)(C)C(C)C)O[C@@H]3COC(c4ccccc4)O[C@@H]23)[C@H](OC(C)=O)[C@@H](OC(C)=O)[C@H]1OC(C)=O. The average Bonchev–Trinajstić information content (AvgIpc) is 3.07. The monoisotopic (exact) mass is 765 g/mol. The number of ether oxygens (including phenoxy) is 9. The zero-order valence-electron chi connectivity index (χ0n) is 31.8. The number of rotatable bonds is 13. The largest absolute Gasteiger partial charge is 0.463 e. The third kappa shape index (κ3) is 10.1. The van der Waals surface area contributed by atoms with Gasteiger partial charge >= 0.3 is 23.9 Å². The van der Waals surface area contributed by atoms with Crippen molar-refractivity contribution in [3.05, 3.63) is 46.3 Å². The maximum Gasteiger partial charge on any atom is 0.303 e. The Balaban J connectivity index is 1.83. The Morgan fingerprint density at radius 2 is 1.47 bits per heavy atom. The molecular formula is C35H51N3O14Si. The smallest absolute Gasteiger partial charge is 0.303 e. The topological polar surface area (TPSA) is 209 Å². The molecule has 4 rings (SSSR count). The van der Waals surface area contributed by atoms with Crippen LogP contribution in [0.5, 0.6) is 0 Å². The van der Waals surface area contributed by atoms with Crippen LogP contribution >= 0.6 is 0 Å². The van der Waals surface area contributed by atoms with Gasteiger partial charge in [0.25, 0.3) is 0 Å². The van der Waals surface area contributed by atoms with Gasteiger partial charge in [-0.2, -0.15) is 0 Å². The Kier molecular flexibility index (Phi) is 14.1. The maximum atomic E-state index is 12.6. The summed E-state index contributed by atoms with van der Waals surface area (Å²) in [5.41, 5.74) is 10.6. The lowest BCUT2D eigenvalue weighted by atomic mass is 9.94. The van der Waals surface area contributed by atoms with Gasteiger partial charge in [-0.25, -0.2) is 0 Å². The summed E-state index contributed by atoms with van der Waals surface area (Å²) in [4.78, 5) is 52.3. The van der Waals surface area contributed by atoms with Crippen LogP contribution in [-0.2, 0) is 66.2 Å². The zero-order valence-corrected chi connectivity index (χ0v) is 32.8. The first-order valence-electron chi connectivity index (χ1n) is 17.5. The van der Waals surface area contributed by atoms with Crippen molar-refractivity contribution in [1.29, 1.82) is 0 Å². The molecule has 3 aliphatic rings. The van der Waals surface area contributed by atoms with Crippen LogP contribution in [0.15, 0.2) is 35.4 Å². The Labute approximate surface area is 309 Å². The van der Waals surface area contributed by atoms with Gasteiger partial charge in [0.05, 0.1) is 6.61 Å². The van der Waals surface area contributed by atoms with Crippen LogP contribution in [0.1, 0.15) is 67.2 Å². The van der Waals surface area contributed by atoms with Gasteiger partial charge in [-0.3, -0.25) is 19.2 Å². The molecule has 0 aliphatic carbocycles. The highest BCUT2D eigenvalue weighted by molar-refractivity contribution is 6.74. The van der Waals surface area contributed by atoms with Gasteiger partial charge in [0.15, 0.2) is 45.5 Å². The summed E-state index contributed by atoms with van der Waals surface area (Å²) >= 11 is 0. The minimum absolute atomic E-state index is 0.0288. The van der Waals surface area contributed by atoms with E-state index in [0.717, 1.165) is 20.8 Å². The maximum absolute atomic E-state index is 12.6. The Bertz CT molecular complexity index is 1510. The number of hydrogen-bond acceptors (Lipinski definition) is 15. The molecule has 0 bridgehead atoms. The number of azide groups is 1. The van der Waals surface area contributed by atoms with E-state index in [1.165, 1.54) is 6.92 Å². The first-order chi connectivity index (χ1) is 24.9. The summed E-state index contributed by atoms with van der Waals surface area (Å²) in [6.07, 6.45) is -12.4. The van der Waals surface area contributed by atoms with Crippen LogP contribution in [-0.4, -0.2) is 107 Å². The Hall–Kier alpha value is -3.61. The van der Waals surface area contributed by atoms with E-state index in [-0.39, 0.29) is 17.6 Å². The number of carbonyl (C=O) groups is 4. The fraction of sp³-hybridized carbons (Fsp3) is 0.714. The number of esters is 4. The van der Waals surface area contributed by atoms with Crippen LogP contribution in [0, 0.1) is 5.92 Å². The van der Waals surface area contributed by atoms with Crippen molar-refractivity contribution in [3.8, 4) is 0 Å². The molecule has 0 spiro atoms. The summed E-state index contributed by atoms with van der Waals surface area (Å²) in [6.45, 7) is 16.6. The van der Waals surface area contributed by atoms with Crippen LogP contribution in [0.3, 0.4) is 0 Å². The van der Waals surface area contributed by atoms with Gasteiger partial charge in [-0.1, -0.05) is 63.1 Å². The normalized spacial score (nSPS) is 31.7. The average molecular weight is 766 g/mol. The minimum atomic E-state index is -2.68. The predicted molar refractivity (Wildman–Crippen MR) is 186 cm³/mol. The van der Waals surface area contributed by atoms with Crippen molar-refractivity contribution in [2.24, 2.45) is 11.0 Å². The third-order valence-corrected chi connectivity index (χ3v) is 14.7. The summed E-state index contributed by atoms with van der Waals surface area (Å²) in [7, 11) is -2.68. The van der Waals surface area contributed by atoms with E-state index in [0.29, 0.717) is 5.56 Å². The third-order valence-electron chi connectivity index (χ3n) is 10.2. The standard InChI is InChI=1S/C35H51N3O14Si/c1-18(2)35(7,8)53(9,10)52-33-26(37-38-36)29(27-25(48-33)17-44-32(50-27)23-14-12-11-13-15-23)51-34-31(47-22(6)42)30(46-21(5)41)28(45-20(4)40)24(49-34)16-43-19(3)39/h11-15,18,24-34H,16-17H2,1-10H3/t24-,25-,26-,27-,28+,29-,30+,31-,32?,33+,34+/m1/s1. The van der Waals surface area contributed by atoms with Crippen LogP contribution in [0.4, 0.5) is 0 Å². The van der Waals surface area contributed by atoms with E-state index in [2.05, 4.69) is 37.7 Å². The summed E-state index contributed by atoms with van der Waals surface area (Å²) < 4.78 is 60.9. The lowest BCUT2D eigenvalue weighted by molar-refractivity contribution is -0.371. The predicted octanol–water partition coefficient (Wildman–Crippen LogP) is 4.63. The highest BCUT2D eigenvalue weighted by atomic mass is 28.4. The van der Waals surface area contributed by atoms with E-state index >= 15 is 0 Å². The van der Waals surface area contributed by atoms with E-state index in [9.17, 15) is 24.7 Å². The molecule has 0 saturated carbocycles. The first-order valence-corrected chi connectivity index (χ1v) is 20.4. The molecule has 3 saturated heterocycles. The summed E-state index contributed by atoms with van der Waals surface area (Å²) in [5, 5.41) is 3.84. The van der Waals surface area contributed by atoms with E-state index in [4.69, 9.17) is 47.1 Å². The van der Waals surface area contributed by atoms with E-state index < -0.39 is 106 Å². The van der Waals surface area contributed by atoms with Crippen molar-refractivity contribution >= 4 is 32.2 Å². The Morgan fingerprint density at radius 3 is 2.04 bits per heavy atom. The van der Waals surface area contributed by atoms with Crippen molar-refractivity contribution in [3.63, 3.8) is 0 Å². The van der Waals surface area contributed by atoms with Gasteiger partial charge in [0.2, 0.25) is 0 Å². The quantitative estimate of drug-likeness (QED) is 0.0670. The molecule has 3 heterocycles. The van der Waals surface area contributed by atoms with Gasteiger partial charge in [0.1, 0.15) is 37.1 Å². The lowest BCUT2D eigenvalue weighted by Gasteiger charge is -2.53. The van der Waals surface area contributed by atoms with Crippen molar-refractivity contribution in [1.82, 2.24) is 0 Å². The van der Waals surface area contributed by atoms with Crippen molar-refractivity contribution in [2.75, 3.05) is 13.2 Å². The first kappa shape index (κ1) is 42.1. The molecule has 1 aromatic rings. The second-order valence-electron chi connectivity index (χ2n) is 14.6. The second kappa shape index (κ2) is 17.7. The van der Waals surface area contributed by atoms with Gasteiger partial charge in [-0.15, -0.1) is 0 Å². The van der Waals surface area contributed by atoms with Gasteiger partial charge in [0, 0.05) is 38.2 Å². The molecule has 0 radical (unpaired) electrons. The number of hydrogen-bond donors (Lipinski definition) is 0. The molecule has 0 amide bonds. The number of fused-ring (bicyclic) bond motifs is 1. The summed E-state index contributed by atoms with van der Waals surface area (Å²) in [6, 6.07) is 7.93. The molecule has 0 aromatic heterocycles. The molecule has 53 heavy (non-hydrogen) atoms. The van der Waals surface area contributed by atoms with Crippen LogP contribution in [0.2, 0.25) is 18.1 Å². The van der Waals surface area contributed by atoms with Crippen LogP contribution < -0.4 is 0 Å². The molecule has 3 fully saturated rings. The zero-order chi connectivity index (χ0) is 39.2. The molecule has 3 aliphatic heterocycles. The highest BCUT2D eigenvalue weighted by Gasteiger charge is 2.58. The van der Waals surface area contributed by atoms with Crippen molar-refractivity contribution in [2.45, 2.75) is 141 Å². The Morgan fingerprint density at radius 1 is 0.868 bits per heavy atom. The number of benzene rings is 1. The van der Waals surface area contributed by atoms with E-state index in [1.807, 2.05) is 43.4 Å². The fourth-order valence-electron chi connectivity index (χ4n) is 6.37. The van der Waals surface area contributed by atoms with Crippen LogP contribution in [0.25, 0.3) is 10.4 Å².